The van der Waals surface area contributed by atoms with Gasteiger partial charge in [0.1, 0.15) is 11.7 Å². The van der Waals surface area contributed by atoms with Crippen LogP contribution in [-0.2, 0) is 9.47 Å². The number of ether oxygens (including phenoxy) is 2. The fourth-order valence-corrected chi connectivity index (χ4v) is 2.21. The summed E-state index contributed by atoms with van der Waals surface area (Å²) in [5, 5.41) is 11.5. The van der Waals surface area contributed by atoms with Crippen molar-refractivity contribution in [2.45, 2.75) is 32.5 Å². The van der Waals surface area contributed by atoms with Crippen molar-refractivity contribution in [1.82, 2.24) is 4.90 Å². The van der Waals surface area contributed by atoms with Crippen LogP contribution in [0.4, 0.5) is 4.79 Å². The van der Waals surface area contributed by atoms with Gasteiger partial charge in [-0.25, -0.2) is 4.79 Å². The summed E-state index contributed by atoms with van der Waals surface area (Å²) in [4.78, 5) is 13.8. The number of morpholine rings is 1. The van der Waals surface area contributed by atoms with Gasteiger partial charge in [0.25, 0.3) is 0 Å². The topological polar surface area (TPSA) is 71.4 Å². The minimum absolute atomic E-state index is 0.179. The third-order valence-corrected chi connectivity index (χ3v) is 3.23. The zero-order valence-electron chi connectivity index (χ0n) is 13.2. The van der Waals surface area contributed by atoms with Crippen molar-refractivity contribution in [3.8, 4) is 0 Å². The highest BCUT2D eigenvalue weighted by molar-refractivity contribution is 5.79. The maximum absolute atomic E-state index is 12.1. The molecule has 0 spiro atoms. The van der Waals surface area contributed by atoms with Gasteiger partial charge in [0, 0.05) is 6.54 Å². The molecule has 0 bridgehead atoms. The first-order valence-electron chi connectivity index (χ1n) is 7.26. The fraction of sp³-hybridized carbons (Fsp3) is 0.500. The molecule has 2 rings (SSSR count). The first-order valence-corrected chi connectivity index (χ1v) is 7.26. The Balaban J connectivity index is 2.02. The molecule has 0 radical (unpaired) electrons. The summed E-state index contributed by atoms with van der Waals surface area (Å²) in [5.41, 5.74) is 1.27. The number of carbonyl (C=O) groups is 1. The Morgan fingerprint density at radius 1 is 1.41 bits per heavy atom. The zero-order chi connectivity index (χ0) is 16.2. The summed E-state index contributed by atoms with van der Waals surface area (Å²) in [6, 6.07) is 7.48. The zero-order valence-corrected chi connectivity index (χ0v) is 13.2. The molecule has 1 N–H and O–H groups in total. The Kier molecular flexibility index (Phi) is 5.03. The van der Waals surface area contributed by atoms with Crippen molar-refractivity contribution in [3.05, 3.63) is 35.4 Å². The van der Waals surface area contributed by atoms with Gasteiger partial charge in [-0.15, -0.1) is 0 Å². The number of hydrogen-bond acceptors (Lipinski definition) is 5. The maximum Gasteiger partial charge on any atom is 0.410 e. The van der Waals surface area contributed by atoms with Crippen molar-refractivity contribution >= 4 is 12.3 Å². The van der Waals surface area contributed by atoms with Gasteiger partial charge in [-0.05, 0) is 31.9 Å². The number of amides is 1. The lowest BCUT2D eigenvalue weighted by Gasteiger charge is -2.34. The standard InChI is InChI=1S/C16H22N2O4/c1-16(2,3)22-15(19)18-8-9-21-14(11-18)13-6-4-12(5-7-13)10-17-20/h4-7,10,14,20H,8-9,11H2,1-3H3. The SMILES string of the molecule is CC(C)(C)OC(=O)N1CCOC(c2ccc(C=NO)cc2)C1. The number of benzene rings is 1. The van der Waals surface area contributed by atoms with E-state index >= 15 is 0 Å². The fourth-order valence-electron chi connectivity index (χ4n) is 2.21. The van der Waals surface area contributed by atoms with Crippen LogP contribution in [0.1, 0.15) is 38.0 Å². The van der Waals surface area contributed by atoms with Gasteiger partial charge in [-0.1, -0.05) is 29.4 Å². The van der Waals surface area contributed by atoms with E-state index in [9.17, 15) is 4.79 Å². The van der Waals surface area contributed by atoms with Crippen LogP contribution in [0.25, 0.3) is 0 Å². The lowest BCUT2D eigenvalue weighted by molar-refractivity contribution is -0.0432. The average molecular weight is 306 g/mol. The van der Waals surface area contributed by atoms with E-state index in [0.29, 0.717) is 19.7 Å². The number of nitrogens with zero attached hydrogens (tertiary/aromatic N) is 2. The van der Waals surface area contributed by atoms with Crippen LogP contribution < -0.4 is 0 Å². The van der Waals surface area contributed by atoms with Crippen LogP contribution in [0.3, 0.4) is 0 Å². The molecule has 1 saturated heterocycles. The second-order valence-electron chi connectivity index (χ2n) is 6.20. The third kappa shape index (κ3) is 4.46. The summed E-state index contributed by atoms with van der Waals surface area (Å²) in [6.07, 6.45) is 0.865. The normalized spacial score (nSPS) is 19.4. The summed E-state index contributed by atoms with van der Waals surface area (Å²) >= 11 is 0. The molecule has 120 valence electrons. The highest BCUT2D eigenvalue weighted by atomic mass is 16.6. The van der Waals surface area contributed by atoms with Crippen molar-refractivity contribution in [3.63, 3.8) is 0 Å². The van der Waals surface area contributed by atoms with E-state index in [-0.39, 0.29) is 12.2 Å². The van der Waals surface area contributed by atoms with Crippen LogP contribution in [0, 0.1) is 0 Å². The number of hydrogen-bond donors (Lipinski definition) is 1. The molecule has 1 aromatic rings. The van der Waals surface area contributed by atoms with Crippen molar-refractivity contribution in [2.24, 2.45) is 5.16 Å². The number of carbonyl (C=O) groups excluding carboxylic acids is 1. The van der Waals surface area contributed by atoms with Crippen molar-refractivity contribution < 1.29 is 19.5 Å². The van der Waals surface area contributed by atoms with E-state index < -0.39 is 5.60 Å². The highest BCUT2D eigenvalue weighted by Crippen LogP contribution is 2.23. The first kappa shape index (κ1) is 16.3. The highest BCUT2D eigenvalue weighted by Gasteiger charge is 2.28. The molecule has 6 nitrogen and oxygen atoms in total. The Bertz CT molecular complexity index is 534. The summed E-state index contributed by atoms with van der Waals surface area (Å²) in [7, 11) is 0. The van der Waals surface area contributed by atoms with Gasteiger partial charge >= 0.3 is 6.09 Å². The van der Waals surface area contributed by atoms with E-state index in [1.165, 1.54) is 6.21 Å². The largest absolute Gasteiger partial charge is 0.444 e. The molecule has 1 atom stereocenters. The Hall–Kier alpha value is -2.08. The van der Waals surface area contributed by atoms with E-state index in [1.807, 2.05) is 45.0 Å². The monoisotopic (exact) mass is 306 g/mol. The minimum Gasteiger partial charge on any atom is -0.444 e. The number of rotatable bonds is 2. The molecule has 1 heterocycles. The lowest BCUT2D eigenvalue weighted by Crippen LogP contribution is -2.44. The second kappa shape index (κ2) is 6.79. The van der Waals surface area contributed by atoms with Crippen molar-refractivity contribution in [2.75, 3.05) is 19.7 Å². The molecule has 1 aliphatic rings. The lowest BCUT2D eigenvalue weighted by atomic mass is 10.1. The summed E-state index contributed by atoms with van der Waals surface area (Å²) < 4.78 is 11.1. The van der Waals surface area contributed by atoms with Gasteiger partial charge in [0.2, 0.25) is 0 Å². The maximum atomic E-state index is 12.1. The smallest absolute Gasteiger partial charge is 0.410 e. The molecule has 0 saturated carbocycles. The second-order valence-corrected chi connectivity index (χ2v) is 6.20. The average Bonchev–Trinajstić information content (AvgIpc) is 2.47. The number of oxime groups is 1. The molecule has 22 heavy (non-hydrogen) atoms. The molecule has 1 amide bonds. The van der Waals surface area contributed by atoms with E-state index in [1.54, 1.807) is 4.90 Å². The van der Waals surface area contributed by atoms with Crippen LogP contribution >= 0.6 is 0 Å². The van der Waals surface area contributed by atoms with Crippen LogP contribution in [0.2, 0.25) is 0 Å². The van der Waals surface area contributed by atoms with Gasteiger partial charge in [0.15, 0.2) is 0 Å². The van der Waals surface area contributed by atoms with Crippen molar-refractivity contribution in [1.29, 1.82) is 0 Å². The van der Waals surface area contributed by atoms with E-state index in [4.69, 9.17) is 14.7 Å². The summed E-state index contributed by atoms with van der Waals surface area (Å²) in [6.45, 7) is 7.02. The molecular weight excluding hydrogens is 284 g/mol. The predicted octanol–water partition coefficient (Wildman–Crippen LogP) is 2.80. The molecule has 1 aromatic carbocycles. The summed E-state index contributed by atoms with van der Waals surface area (Å²) in [5.74, 6) is 0. The van der Waals surface area contributed by atoms with Gasteiger partial charge in [0.05, 0.1) is 19.4 Å². The van der Waals surface area contributed by atoms with E-state index in [0.717, 1.165) is 11.1 Å². The Morgan fingerprint density at radius 2 is 2.09 bits per heavy atom. The van der Waals surface area contributed by atoms with Gasteiger partial charge < -0.3 is 19.6 Å². The minimum atomic E-state index is -0.504. The van der Waals surface area contributed by atoms with E-state index in [2.05, 4.69) is 5.16 Å². The third-order valence-electron chi connectivity index (χ3n) is 3.23. The molecule has 0 aliphatic carbocycles. The Morgan fingerprint density at radius 3 is 2.68 bits per heavy atom. The Labute approximate surface area is 130 Å². The van der Waals surface area contributed by atoms with Gasteiger partial charge in [-0.2, -0.15) is 0 Å². The molecule has 1 aliphatic heterocycles. The molecule has 6 heteroatoms. The molecular formula is C16H22N2O4. The predicted molar refractivity (Wildman–Crippen MR) is 82.3 cm³/mol. The van der Waals surface area contributed by atoms with Gasteiger partial charge in [-0.3, -0.25) is 0 Å². The van der Waals surface area contributed by atoms with Crippen LogP contribution in [0.5, 0.6) is 0 Å². The molecule has 1 unspecified atom stereocenters. The quantitative estimate of drug-likeness (QED) is 0.518. The first-order chi connectivity index (χ1) is 10.4. The van der Waals surface area contributed by atoms with Crippen LogP contribution in [0.15, 0.2) is 29.4 Å². The molecule has 1 fully saturated rings. The van der Waals surface area contributed by atoms with Crippen LogP contribution in [-0.4, -0.2) is 47.7 Å². The molecule has 0 aromatic heterocycles.